The second-order valence-electron chi connectivity index (χ2n) is 3.00. The molecule has 0 bridgehead atoms. The van der Waals surface area contributed by atoms with Gasteiger partial charge in [0.2, 0.25) is 0 Å². The normalized spacial score (nSPS) is 14.6. The molecule has 1 aromatic rings. The highest BCUT2D eigenvalue weighted by Crippen LogP contribution is 2.16. The lowest BCUT2D eigenvalue weighted by Crippen LogP contribution is -2.32. The first-order valence-electron chi connectivity index (χ1n) is 4.18. The van der Waals surface area contributed by atoms with E-state index in [9.17, 15) is 9.59 Å². The second-order valence-corrected chi connectivity index (χ2v) is 3.00. The van der Waals surface area contributed by atoms with Crippen LogP contribution in [0.2, 0.25) is 0 Å². The lowest BCUT2D eigenvalue weighted by molar-refractivity contribution is 0.0946. The van der Waals surface area contributed by atoms with Gasteiger partial charge < -0.3 is 5.32 Å². The molecule has 0 atom stereocenters. The highest BCUT2D eigenvalue weighted by atomic mass is 16.1. The average molecular weight is 175 g/mol. The van der Waals surface area contributed by atoms with E-state index in [-0.39, 0.29) is 5.91 Å². The number of nitrogens with one attached hydrogen (secondary N) is 1. The first-order chi connectivity index (χ1) is 6.33. The molecule has 0 aromatic heterocycles. The number of carbonyl (C=O) groups excluding carboxylic acids is 2. The molecule has 0 fully saturated rings. The maximum absolute atomic E-state index is 11.3. The molecule has 1 aliphatic heterocycles. The molecular formula is C10H9NO2. The molecule has 3 nitrogen and oxygen atoms in total. The van der Waals surface area contributed by atoms with Gasteiger partial charge in [0.1, 0.15) is 6.29 Å². The summed E-state index contributed by atoms with van der Waals surface area (Å²) in [6.45, 7) is 0.622. The van der Waals surface area contributed by atoms with E-state index in [1.807, 2.05) is 0 Å². The molecule has 0 unspecified atom stereocenters. The quantitative estimate of drug-likeness (QED) is 0.641. The Morgan fingerprint density at radius 3 is 3.00 bits per heavy atom. The highest BCUT2D eigenvalue weighted by molar-refractivity contribution is 5.99. The predicted molar refractivity (Wildman–Crippen MR) is 47.9 cm³/mol. The summed E-state index contributed by atoms with van der Waals surface area (Å²) in [6, 6.07) is 5.22. The molecule has 2 rings (SSSR count). The largest absolute Gasteiger partial charge is 0.352 e. The molecule has 66 valence electrons. The number of rotatable bonds is 1. The van der Waals surface area contributed by atoms with Crippen molar-refractivity contribution in [2.75, 3.05) is 6.54 Å². The Kier molecular flexibility index (Phi) is 1.85. The van der Waals surface area contributed by atoms with Crippen molar-refractivity contribution < 1.29 is 9.59 Å². The number of hydrogen-bond acceptors (Lipinski definition) is 2. The van der Waals surface area contributed by atoms with Crippen molar-refractivity contribution in [1.29, 1.82) is 0 Å². The average Bonchev–Trinajstić information content (AvgIpc) is 2.18. The van der Waals surface area contributed by atoms with Crippen LogP contribution in [0.1, 0.15) is 26.3 Å². The van der Waals surface area contributed by atoms with Crippen LogP contribution in [0.15, 0.2) is 18.2 Å². The lowest BCUT2D eigenvalue weighted by atomic mass is 9.96. The van der Waals surface area contributed by atoms with Gasteiger partial charge in [-0.3, -0.25) is 9.59 Å². The van der Waals surface area contributed by atoms with Crippen LogP contribution in [0, 0.1) is 0 Å². The third-order valence-electron chi connectivity index (χ3n) is 2.24. The van der Waals surface area contributed by atoms with Gasteiger partial charge >= 0.3 is 0 Å². The zero-order valence-corrected chi connectivity index (χ0v) is 7.04. The van der Waals surface area contributed by atoms with Crippen molar-refractivity contribution >= 4 is 12.2 Å². The summed E-state index contributed by atoms with van der Waals surface area (Å²) < 4.78 is 0. The number of fused-ring (bicyclic) bond motifs is 1. The van der Waals surface area contributed by atoms with Gasteiger partial charge in [-0.05, 0) is 18.1 Å². The molecule has 0 saturated heterocycles. The standard InChI is InChI=1S/C10H9NO2/c12-6-7-2-1-3-9-8(7)4-5-11-10(9)13/h1-3,6H,4-5H2,(H,11,13). The Balaban J connectivity index is 2.60. The third-order valence-corrected chi connectivity index (χ3v) is 2.24. The van der Waals surface area contributed by atoms with Crippen LogP contribution >= 0.6 is 0 Å². The summed E-state index contributed by atoms with van der Waals surface area (Å²) in [7, 11) is 0. The van der Waals surface area contributed by atoms with Gasteiger partial charge in [0, 0.05) is 17.7 Å². The van der Waals surface area contributed by atoms with Gasteiger partial charge in [0.15, 0.2) is 0 Å². The van der Waals surface area contributed by atoms with Crippen LogP contribution < -0.4 is 5.32 Å². The molecule has 0 aliphatic carbocycles. The summed E-state index contributed by atoms with van der Waals surface area (Å²) in [4.78, 5) is 22.0. The molecule has 1 aliphatic rings. The summed E-state index contributed by atoms with van der Waals surface area (Å²) in [5, 5.41) is 2.73. The number of hydrogen-bond donors (Lipinski definition) is 1. The molecule has 1 amide bonds. The second kappa shape index (κ2) is 3.01. The molecule has 0 saturated carbocycles. The minimum Gasteiger partial charge on any atom is -0.352 e. The Morgan fingerprint density at radius 2 is 2.23 bits per heavy atom. The van der Waals surface area contributed by atoms with E-state index >= 15 is 0 Å². The van der Waals surface area contributed by atoms with E-state index < -0.39 is 0 Å². The molecule has 0 radical (unpaired) electrons. The zero-order chi connectivity index (χ0) is 9.26. The smallest absolute Gasteiger partial charge is 0.251 e. The fourth-order valence-electron chi connectivity index (χ4n) is 1.60. The van der Waals surface area contributed by atoms with Crippen LogP contribution in [0.4, 0.5) is 0 Å². The first-order valence-corrected chi connectivity index (χ1v) is 4.18. The summed E-state index contributed by atoms with van der Waals surface area (Å²) in [5.74, 6) is -0.0787. The van der Waals surface area contributed by atoms with Gasteiger partial charge in [-0.1, -0.05) is 12.1 Å². The highest BCUT2D eigenvalue weighted by Gasteiger charge is 2.18. The van der Waals surface area contributed by atoms with E-state index in [4.69, 9.17) is 0 Å². The van der Waals surface area contributed by atoms with Crippen molar-refractivity contribution in [3.63, 3.8) is 0 Å². The molecule has 13 heavy (non-hydrogen) atoms. The van der Waals surface area contributed by atoms with E-state index in [1.165, 1.54) is 0 Å². The van der Waals surface area contributed by atoms with Crippen LogP contribution in [-0.2, 0) is 6.42 Å². The zero-order valence-electron chi connectivity index (χ0n) is 7.04. The SMILES string of the molecule is O=Cc1cccc2c1CCNC2=O. The van der Waals surface area contributed by atoms with Crippen molar-refractivity contribution in [3.8, 4) is 0 Å². The van der Waals surface area contributed by atoms with Crippen LogP contribution in [-0.4, -0.2) is 18.7 Å². The summed E-state index contributed by atoms with van der Waals surface area (Å²) >= 11 is 0. The summed E-state index contributed by atoms with van der Waals surface area (Å²) in [5.41, 5.74) is 2.14. The summed E-state index contributed by atoms with van der Waals surface area (Å²) in [6.07, 6.45) is 1.55. The third kappa shape index (κ3) is 1.22. The maximum atomic E-state index is 11.3. The van der Waals surface area contributed by atoms with Crippen molar-refractivity contribution in [1.82, 2.24) is 5.32 Å². The number of carbonyl (C=O) groups is 2. The first kappa shape index (κ1) is 7.98. The van der Waals surface area contributed by atoms with Gasteiger partial charge in [-0.15, -0.1) is 0 Å². The van der Waals surface area contributed by atoms with E-state index in [1.54, 1.807) is 18.2 Å². The monoisotopic (exact) mass is 175 g/mol. The molecule has 3 heteroatoms. The fraction of sp³-hybridized carbons (Fsp3) is 0.200. The van der Waals surface area contributed by atoms with Crippen LogP contribution in [0.3, 0.4) is 0 Å². The minimum absolute atomic E-state index is 0.0787. The van der Waals surface area contributed by atoms with E-state index in [0.717, 1.165) is 18.3 Å². The lowest BCUT2D eigenvalue weighted by Gasteiger charge is -2.17. The van der Waals surface area contributed by atoms with Gasteiger partial charge in [0.25, 0.3) is 5.91 Å². The van der Waals surface area contributed by atoms with Crippen molar-refractivity contribution in [3.05, 3.63) is 34.9 Å². The molecule has 1 heterocycles. The Bertz CT molecular complexity index is 371. The van der Waals surface area contributed by atoms with Crippen molar-refractivity contribution in [2.45, 2.75) is 6.42 Å². The minimum atomic E-state index is -0.0787. The molecule has 0 spiro atoms. The van der Waals surface area contributed by atoms with Crippen LogP contribution in [0.5, 0.6) is 0 Å². The maximum Gasteiger partial charge on any atom is 0.251 e. The fourth-order valence-corrected chi connectivity index (χ4v) is 1.60. The Morgan fingerprint density at radius 1 is 1.38 bits per heavy atom. The molecular weight excluding hydrogens is 166 g/mol. The van der Waals surface area contributed by atoms with Crippen LogP contribution in [0.25, 0.3) is 0 Å². The van der Waals surface area contributed by atoms with Gasteiger partial charge in [-0.25, -0.2) is 0 Å². The van der Waals surface area contributed by atoms with Gasteiger partial charge in [-0.2, -0.15) is 0 Å². The topological polar surface area (TPSA) is 46.2 Å². The predicted octanol–water partition coefficient (Wildman–Crippen LogP) is 0.785. The van der Waals surface area contributed by atoms with Crippen molar-refractivity contribution in [2.24, 2.45) is 0 Å². The van der Waals surface area contributed by atoms with E-state index in [2.05, 4.69) is 5.32 Å². The Hall–Kier alpha value is -1.64. The molecule has 1 aromatic carbocycles. The number of benzene rings is 1. The number of aldehydes is 1. The van der Waals surface area contributed by atoms with Gasteiger partial charge in [0.05, 0.1) is 0 Å². The number of amides is 1. The van der Waals surface area contributed by atoms with E-state index in [0.29, 0.717) is 17.7 Å². The Labute approximate surface area is 75.8 Å². The molecule has 1 N–H and O–H groups in total.